The van der Waals surface area contributed by atoms with Crippen LogP contribution in [-0.2, 0) is 16.0 Å². The lowest BCUT2D eigenvalue weighted by Gasteiger charge is -2.35. The number of carbonyl (C=O) groups excluding carboxylic acids is 1. The second kappa shape index (κ2) is 8.47. The fraction of sp³-hybridized carbons (Fsp3) is 0.500. The molecular weight excluding hydrogens is 330 g/mol. The molecule has 2 aromatic rings. The number of aromatic nitrogens is 1. The van der Waals surface area contributed by atoms with Gasteiger partial charge in [0, 0.05) is 31.7 Å². The van der Waals surface area contributed by atoms with Crippen molar-refractivity contribution in [1.29, 1.82) is 0 Å². The predicted molar refractivity (Wildman–Crippen MR) is 99.8 cm³/mol. The average Bonchev–Trinajstić information content (AvgIpc) is 2.95. The van der Waals surface area contributed by atoms with Crippen molar-refractivity contribution in [1.82, 2.24) is 15.2 Å². The van der Waals surface area contributed by atoms with Crippen molar-refractivity contribution in [2.45, 2.75) is 39.4 Å². The molecule has 1 aromatic carbocycles. The molecule has 1 aliphatic rings. The molecule has 140 valence electrons. The van der Waals surface area contributed by atoms with Crippen LogP contribution in [0.15, 0.2) is 34.7 Å². The minimum absolute atomic E-state index is 0.0321. The summed E-state index contributed by atoms with van der Waals surface area (Å²) in [5, 5.41) is 2.98. The van der Waals surface area contributed by atoms with Crippen molar-refractivity contribution in [3.05, 3.63) is 41.8 Å². The van der Waals surface area contributed by atoms with Gasteiger partial charge in [-0.2, -0.15) is 0 Å². The van der Waals surface area contributed by atoms with E-state index >= 15 is 0 Å². The molecule has 2 heterocycles. The predicted octanol–water partition coefficient (Wildman–Crippen LogP) is 2.42. The fourth-order valence-electron chi connectivity index (χ4n) is 3.33. The largest absolute Gasteiger partial charge is 0.441 e. The van der Waals surface area contributed by atoms with Crippen LogP contribution in [0.4, 0.5) is 0 Å². The van der Waals surface area contributed by atoms with Gasteiger partial charge in [0.05, 0.1) is 24.3 Å². The van der Waals surface area contributed by atoms with Crippen LogP contribution in [0.3, 0.4) is 0 Å². The molecule has 0 radical (unpaired) electrons. The van der Waals surface area contributed by atoms with E-state index < -0.39 is 0 Å². The molecule has 0 spiro atoms. The molecule has 6 heteroatoms. The summed E-state index contributed by atoms with van der Waals surface area (Å²) in [5.41, 5.74) is 1.60. The highest BCUT2D eigenvalue weighted by molar-refractivity contribution is 5.78. The normalized spacial score (nSPS) is 20.9. The number of hydrogen-bond donors (Lipinski definition) is 1. The Morgan fingerprint density at radius 1 is 1.23 bits per heavy atom. The molecule has 26 heavy (non-hydrogen) atoms. The van der Waals surface area contributed by atoms with Gasteiger partial charge in [0.15, 0.2) is 0 Å². The molecule has 6 nitrogen and oxygen atoms in total. The Kier molecular flexibility index (Phi) is 6.06. The number of nitrogens with zero attached hydrogens (tertiary/aromatic N) is 2. The van der Waals surface area contributed by atoms with Crippen LogP contribution in [-0.4, -0.2) is 54.2 Å². The van der Waals surface area contributed by atoms with E-state index in [1.54, 1.807) is 0 Å². The summed E-state index contributed by atoms with van der Waals surface area (Å²) in [6, 6.07) is 9.71. The first-order chi connectivity index (χ1) is 12.5. The molecule has 0 bridgehead atoms. The Morgan fingerprint density at radius 3 is 2.62 bits per heavy atom. The number of carbonyl (C=O) groups is 1. The number of amides is 1. The number of benzene rings is 1. The van der Waals surface area contributed by atoms with Crippen molar-refractivity contribution < 1.29 is 13.9 Å². The van der Waals surface area contributed by atoms with Crippen LogP contribution < -0.4 is 5.32 Å². The summed E-state index contributed by atoms with van der Waals surface area (Å²) in [6.45, 7) is 9.28. The van der Waals surface area contributed by atoms with Crippen molar-refractivity contribution >= 4 is 5.91 Å². The third-order valence-electron chi connectivity index (χ3n) is 4.49. The van der Waals surface area contributed by atoms with Gasteiger partial charge >= 0.3 is 0 Å². The molecule has 1 fully saturated rings. The van der Waals surface area contributed by atoms with Crippen molar-refractivity contribution in [3.63, 3.8) is 0 Å². The maximum Gasteiger partial charge on any atom is 0.226 e. The van der Waals surface area contributed by atoms with Crippen molar-refractivity contribution in [3.8, 4) is 11.5 Å². The minimum Gasteiger partial charge on any atom is -0.441 e. The van der Waals surface area contributed by atoms with E-state index in [0.717, 1.165) is 25.2 Å². The lowest BCUT2D eigenvalue weighted by Crippen LogP contribution is -2.48. The third-order valence-corrected chi connectivity index (χ3v) is 4.49. The SMILES string of the molecule is Cc1oc(-c2ccccc2)nc1CC(=O)NCCN1CC(C)OC(C)C1. The number of ether oxygens (including phenoxy) is 1. The van der Waals surface area contributed by atoms with Gasteiger partial charge in [0.1, 0.15) is 5.76 Å². The quantitative estimate of drug-likeness (QED) is 0.860. The first-order valence-electron chi connectivity index (χ1n) is 9.17. The zero-order valence-electron chi connectivity index (χ0n) is 15.7. The summed E-state index contributed by atoms with van der Waals surface area (Å²) in [4.78, 5) is 19.1. The Balaban J connectivity index is 1.48. The van der Waals surface area contributed by atoms with E-state index in [1.807, 2.05) is 37.3 Å². The fourth-order valence-corrected chi connectivity index (χ4v) is 3.33. The molecule has 3 rings (SSSR count). The Hall–Kier alpha value is -2.18. The summed E-state index contributed by atoms with van der Waals surface area (Å²) < 4.78 is 11.4. The summed E-state index contributed by atoms with van der Waals surface area (Å²) >= 11 is 0. The highest BCUT2D eigenvalue weighted by Crippen LogP contribution is 2.21. The van der Waals surface area contributed by atoms with Crippen LogP contribution in [0.25, 0.3) is 11.5 Å². The van der Waals surface area contributed by atoms with Gasteiger partial charge in [0.25, 0.3) is 0 Å². The average molecular weight is 357 g/mol. The Labute approximate surface area is 154 Å². The van der Waals surface area contributed by atoms with E-state index in [9.17, 15) is 4.79 Å². The standard InChI is InChI=1S/C20H27N3O3/c1-14-12-23(13-15(2)25-14)10-9-21-19(24)11-18-16(3)26-20(22-18)17-7-5-4-6-8-17/h4-8,14-15H,9-13H2,1-3H3,(H,21,24). The molecule has 0 saturated carbocycles. The molecule has 1 amide bonds. The minimum atomic E-state index is -0.0321. The summed E-state index contributed by atoms with van der Waals surface area (Å²) in [5.74, 6) is 1.22. The first kappa shape index (κ1) is 18.6. The Bertz CT molecular complexity index is 719. The molecule has 1 aliphatic heterocycles. The second-order valence-corrected chi connectivity index (χ2v) is 6.93. The lowest BCUT2D eigenvalue weighted by molar-refractivity contribution is -0.120. The molecular formula is C20H27N3O3. The van der Waals surface area contributed by atoms with E-state index in [0.29, 0.717) is 23.9 Å². The van der Waals surface area contributed by atoms with Gasteiger partial charge in [0.2, 0.25) is 11.8 Å². The monoisotopic (exact) mass is 357 g/mol. The summed E-state index contributed by atoms with van der Waals surface area (Å²) in [7, 11) is 0. The van der Waals surface area contributed by atoms with Crippen LogP contribution in [0.1, 0.15) is 25.3 Å². The molecule has 2 unspecified atom stereocenters. The van der Waals surface area contributed by atoms with Crippen molar-refractivity contribution in [2.24, 2.45) is 0 Å². The van der Waals surface area contributed by atoms with Crippen LogP contribution in [0.5, 0.6) is 0 Å². The number of oxazole rings is 1. The molecule has 2 atom stereocenters. The van der Waals surface area contributed by atoms with E-state index in [-0.39, 0.29) is 24.5 Å². The number of aryl methyl sites for hydroxylation is 1. The van der Waals surface area contributed by atoms with Gasteiger partial charge in [-0.25, -0.2) is 4.98 Å². The highest BCUT2D eigenvalue weighted by Gasteiger charge is 2.22. The first-order valence-corrected chi connectivity index (χ1v) is 9.17. The molecule has 1 aromatic heterocycles. The number of morpholine rings is 1. The smallest absolute Gasteiger partial charge is 0.226 e. The Morgan fingerprint density at radius 2 is 1.92 bits per heavy atom. The lowest BCUT2D eigenvalue weighted by atomic mass is 10.2. The van der Waals surface area contributed by atoms with Gasteiger partial charge in [-0.3, -0.25) is 9.69 Å². The van der Waals surface area contributed by atoms with Crippen molar-refractivity contribution in [2.75, 3.05) is 26.2 Å². The van der Waals surface area contributed by atoms with Crippen LogP contribution in [0.2, 0.25) is 0 Å². The molecule has 1 N–H and O–H groups in total. The zero-order chi connectivity index (χ0) is 18.5. The second-order valence-electron chi connectivity index (χ2n) is 6.93. The third kappa shape index (κ3) is 4.93. The summed E-state index contributed by atoms with van der Waals surface area (Å²) in [6.07, 6.45) is 0.713. The number of nitrogens with one attached hydrogen (secondary N) is 1. The maximum atomic E-state index is 12.2. The van der Waals surface area contributed by atoms with Gasteiger partial charge < -0.3 is 14.5 Å². The van der Waals surface area contributed by atoms with Gasteiger partial charge in [-0.1, -0.05) is 18.2 Å². The topological polar surface area (TPSA) is 67.6 Å². The van der Waals surface area contributed by atoms with Crippen LogP contribution >= 0.6 is 0 Å². The van der Waals surface area contributed by atoms with Crippen LogP contribution in [0, 0.1) is 6.92 Å². The maximum absolute atomic E-state index is 12.2. The van der Waals surface area contributed by atoms with E-state index in [4.69, 9.17) is 9.15 Å². The highest BCUT2D eigenvalue weighted by atomic mass is 16.5. The molecule has 0 aliphatic carbocycles. The number of rotatable bonds is 6. The molecule has 1 saturated heterocycles. The van der Waals surface area contributed by atoms with Gasteiger partial charge in [-0.15, -0.1) is 0 Å². The van der Waals surface area contributed by atoms with E-state index in [2.05, 4.69) is 29.0 Å². The van der Waals surface area contributed by atoms with E-state index in [1.165, 1.54) is 0 Å². The van der Waals surface area contributed by atoms with Gasteiger partial charge in [-0.05, 0) is 32.9 Å². The number of hydrogen-bond acceptors (Lipinski definition) is 5. The zero-order valence-corrected chi connectivity index (χ0v) is 15.7.